The molecular formula is C16H15FN2. The third kappa shape index (κ3) is 4.39. The Morgan fingerprint density at radius 3 is 2.42 bits per heavy atom. The summed E-state index contributed by atoms with van der Waals surface area (Å²) in [7, 11) is 0. The van der Waals surface area contributed by atoms with Gasteiger partial charge in [0.1, 0.15) is 11.7 Å². The maximum absolute atomic E-state index is 12.7. The first-order chi connectivity index (χ1) is 9.24. The molecule has 2 N–H and O–H groups in total. The van der Waals surface area contributed by atoms with Crippen LogP contribution in [0.15, 0.2) is 60.7 Å². The van der Waals surface area contributed by atoms with E-state index in [4.69, 9.17) is 5.41 Å². The van der Waals surface area contributed by atoms with Gasteiger partial charge in [-0.2, -0.15) is 0 Å². The summed E-state index contributed by atoms with van der Waals surface area (Å²) in [5, 5.41) is 10.7. The molecular weight excluding hydrogens is 239 g/mol. The lowest BCUT2D eigenvalue weighted by atomic mass is 10.2. The molecule has 0 spiro atoms. The van der Waals surface area contributed by atoms with Gasteiger partial charge in [0.15, 0.2) is 0 Å². The first kappa shape index (κ1) is 13.0. The summed E-state index contributed by atoms with van der Waals surface area (Å²) in [6.45, 7) is 0.512. The molecule has 0 bridgehead atoms. The maximum Gasteiger partial charge on any atom is 0.123 e. The van der Waals surface area contributed by atoms with Crippen LogP contribution in [0.1, 0.15) is 11.1 Å². The van der Waals surface area contributed by atoms with Crippen LogP contribution in [-0.2, 0) is 6.54 Å². The lowest BCUT2D eigenvalue weighted by Gasteiger charge is -2.04. The van der Waals surface area contributed by atoms with Crippen LogP contribution in [0.2, 0.25) is 0 Å². The van der Waals surface area contributed by atoms with E-state index < -0.39 is 0 Å². The molecule has 0 aliphatic heterocycles. The fourth-order valence-electron chi connectivity index (χ4n) is 1.60. The summed E-state index contributed by atoms with van der Waals surface area (Å²) in [6.07, 6.45) is 3.58. The van der Waals surface area contributed by atoms with Crippen molar-refractivity contribution in [1.29, 1.82) is 5.41 Å². The van der Waals surface area contributed by atoms with E-state index >= 15 is 0 Å². The third-order valence-electron chi connectivity index (χ3n) is 2.64. The highest BCUT2D eigenvalue weighted by atomic mass is 19.1. The molecule has 0 radical (unpaired) electrons. The molecule has 0 aliphatic rings. The Morgan fingerprint density at radius 2 is 1.74 bits per heavy atom. The van der Waals surface area contributed by atoms with Crippen molar-refractivity contribution in [3.05, 3.63) is 77.6 Å². The molecule has 3 heteroatoms. The standard InChI is InChI=1S/C16H15FN2/c17-15-9-6-14(7-10-15)12-19-16(18)11-8-13-4-2-1-3-5-13/h1-11H,12H2,(H2,18,19). The predicted octanol–water partition coefficient (Wildman–Crippen LogP) is 3.61. The van der Waals surface area contributed by atoms with Crippen LogP contribution in [0, 0.1) is 11.2 Å². The highest BCUT2D eigenvalue weighted by molar-refractivity contribution is 5.93. The second-order valence-corrected chi connectivity index (χ2v) is 4.14. The van der Waals surface area contributed by atoms with Crippen molar-refractivity contribution < 1.29 is 4.39 Å². The first-order valence-electron chi connectivity index (χ1n) is 6.04. The van der Waals surface area contributed by atoms with Crippen LogP contribution in [-0.4, -0.2) is 5.84 Å². The van der Waals surface area contributed by atoms with Crippen molar-refractivity contribution in [2.24, 2.45) is 0 Å². The van der Waals surface area contributed by atoms with Crippen molar-refractivity contribution >= 4 is 11.9 Å². The molecule has 0 unspecified atom stereocenters. The Labute approximate surface area is 112 Å². The van der Waals surface area contributed by atoms with Crippen LogP contribution in [0.25, 0.3) is 6.08 Å². The molecule has 0 saturated heterocycles. The van der Waals surface area contributed by atoms with E-state index in [1.54, 1.807) is 18.2 Å². The Balaban J connectivity index is 1.85. The van der Waals surface area contributed by atoms with E-state index in [0.717, 1.165) is 11.1 Å². The zero-order valence-corrected chi connectivity index (χ0v) is 10.4. The number of nitrogens with one attached hydrogen (secondary N) is 2. The zero-order valence-electron chi connectivity index (χ0n) is 10.4. The minimum Gasteiger partial charge on any atom is -0.366 e. The summed E-state index contributed by atoms with van der Waals surface area (Å²) in [5.41, 5.74) is 2.00. The van der Waals surface area contributed by atoms with Crippen LogP contribution >= 0.6 is 0 Å². The second kappa shape index (κ2) is 6.50. The van der Waals surface area contributed by atoms with Crippen molar-refractivity contribution in [3.8, 4) is 0 Å². The van der Waals surface area contributed by atoms with Gasteiger partial charge in [0.25, 0.3) is 0 Å². The molecule has 2 nitrogen and oxygen atoms in total. The molecule has 0 amide bonds. The van der Waals surface area contributed by atoms with Crippen molar-refractivity contribution in [2.75, 3.05) is 0 Å². The van der Waals surface area contributed by atoms with Gasteiger partial charge in [0, 0.05) is 6.54 Å². The van der Waals surface area contributed by atoms with E-state index in [-0.39, 0.29) is 5.82 Å². The summed E-state index contributed by atoms with van der Waals surface area (Å²) >= 11 is 0. The molecule has 0 heterocycles. The van der Waals surface area contributed by atoms with Gasteiger partial charge in [-0.05, 0) is 29.3 Å². The van der Waals surface area contributed by atoms with Crippen LogP contribution in [0.5, 0.6) is 0 Å². The number of hydrogen-bond acceptors (Lipinski definition) is 1. The fourth-order valence-corrected chi connectivity index (χ4v) is 1.60. The van der Waals surface area contributed by atoms with Gasteiger partial charge in [0.05, 0.1) is 0 Å². The summed E-state index contributed by atoms with van der Waals surface area (Å²) in [4.78, 5) is 0. The number of amidine groups is 1. The molecule has 96 valence electrons. The Hall–Kier alpha value is -2.42. The Bertz CT molecular complexity index is 559. The molecule has 0 saturated carbocycles. The SMILES string of the molecule is N=C(C=Cc1ccccc1)NCc1ccc(F)cc1. The molecule has 0 atom stereocenters. The van der Waals surface area contributed by atoms with Gasteiger partial charge in [-0.1, -0.05) is 48.5 Å². The average Bonchev–Trinajstić information content (AvgIpc) is 2.45. The molecule has 0 aromatic heterocycles. The van der Waals surface area contributed by atoms with E-state index in [1.807, 2.05) is 36.4 Å². The number of rotatable bonds is 4. The van der Waals surface area contributed by atoms with Gasteiger partial charge >= 0.3 is 0 Å². The number of benzene rings is 2. The molecule has 19 heavy (non-hydrogen) atoms. The number of hydrogen-bond donors (Lipinski definition) is 2. The summed E-state index contributed by atoms with van der Waals surface area (Å²) in [6, 6.07) is 16.1. The smallest absolute Gasteiger partial charge is 0.123 e. The van der Waals surface area contributed by atoms with Crippen LogP contribution in [0.3, 0.4) is 0 Å². The topological polar surface area (TPSA) is 35.9 Å². The number of halogens is 1. The van der Waals surface area contributed by atoms with Crippen LogP contribution in [0.4, 0.5) is 4.39 Å². The minimum atomic E-state index is -0.247. The van der Waals surface area contributed by atoms with Crippen molar-refractivity contribution in [1.82, 2.24) is 5.32 Å². The normalized spacial score (nSPS) is 10.6. The second-order valence-electron chi connectivity index (χ2n) is 4.14. The van der Waals surface area contributed by atoms with Gasteiger partial charge in [-0.15, -0.1) is 0 Å². The van der Waals surface area contributed by atoms with Crippen LogP contribution < -0.4 is 5.32 Å². The zero-order chi connectivity index (χ0) is 13.5. The van der Waals surface area contributed by atoms with E-state index in [1.165, 1.54) is 12.1 Å². The Morgan fingerprint density at radius 1 is 1.05 bits per heavy atom. The lowest BCUT2D eigenvalue weighted by molar-refractivity contribution is 0.626. The quantitative estimate of drug-likeness (QED) is 0.634. The average molecular weight is 254 g/mol. The monoisotopic (exact) mass is 254 g/mol. The van der Waals surface area contributed by atoms with Gasteiger partial charge in [0.2, 0.25) is 0 Å². The summed E-state index contributed by atoms with van der Waals surface area (Å²) < 4.78 is 12.7. The molecule has 2 rings (SSSR count). The summed E-state index contributed by atoms with van der Waals surface area (Å²) in [5.74, 6) is 0.0796. The highest BCUT2D eigenvalue weighted by Crippen LogP contribution is 2.03. The van der Waals surface area contributed by atoms with Crippen molar-refractivity contribution in [2.45, 2.75) is 6.54 Å². The third-order valence-corrected chi connectivity index (χ3v) is 2.64. The maximum atomic E-state index is 12.7. The Kier molecular flexibility index (Phi) is 4.45. The van der Waals surface area contributed by atoms with E-state index in [9.17, 15) is 4.39 Å². The van der Waals surface area contributed by atoms with E-state index in [0.29, 0.717) is 12.4 Å². The molecule has 2 aromatic carbocycles. The molecule has 2 aromatic rings. The largest absolute Gasteiger partial charge is 0.366 e. The molecule has 0 fully saturated rings. The van der Waals surface area contributed by atoms with E-state index in [2.05, 4.69) is 5.32 Å². The predicted molar refractivity (Wildman–Crippen MR) is 76.4 cm³/mol. The van der Waals surface area contributed by atoms with Crippen molar-refractivity contribution in [3.63, 3.8) is 0 Å². The fraction of sp³-hybridized carbons (Fsp3) is 0.0625. The van der Waals surface area contributed by atoms with Gasteiger partial charge in [-0.3, -0.25) is 5.41 Å². The lowest BCUT2D eigenvalue weighted by Crippen LogP contribution is -2.19. The first-order valence-corrected chi connectivity index (χ1v) is 6.04. The highest BCUT2D eigenvalue weighted by Gasteiger charge is 1.95. The van der Waals surface area contributed by atoms with Gasteiger partial charge in [-0.25, -0.2) is 4.39 Å². The molecule has 0 aliphatic carbocycles. The minimum absolute atomic E-state index is 0.247. The van der Waals surface area contributed by atoms with Gasteiger partial charge < -0.3 is 5.32 Å².